The van der Waals surface area contributed by atoms with Crippen LogP contribution in [0, 0.1) is 0 Å². The first kappa shape index (κ1) is 56.1. The van der Waals surface area contributed by atoms with Crippen LogP contribution in [-0.2, 0) is 28.6 Å². The van der Waals surface area contributed by atoms with E-state index >= 15 is 0 Å². The Morgan fingerprint density at radius 1 is 0.356 bits per heavy atom. The minimum absolute atomic E-state index is 0.0842. The third-order valence-corrected chi connectivity index (χ3v) is 10.5. The molecule has 0 aromatic carbocycles. The summed E-state index contributed by atoms with van der Waals surface area (Å²) >= 11 is 0. The van der Waals surface area contributed by atoms with Gasteiger partial charge in [-0.25, -0.2) is 0 Å². The Kier molecular flexibility index (Phi) is 45.4. The van der Waals surface area contributed by atoms with E-state index in [9.17, 15) is 14.4 Å². The lowest BCUT2D eigenvalue weighted by molar-refractivity contribution is -0.167. The van der Waals surface area contributed by atoms with E-state index in [0.29, 0.717) is 19.3 Å². The van der Waals surface area contributed by atoms with Crippen molar-refractivity contribution in [2.45, 2.75) is 245 Å². The van der Waals surface area contributed by atoms with Gasteiger partial charge in [0.2, 0.25) is 0 Å². The molecule has 6 heteroatoms. The minimum atomic E-state index is -0.785. The van der Waals surface area contributed by atoms with Gasteiger partial charge in [0.25, 0.3) is 0 Å². The van der Waals surface area contributed by atoms with E-state index in [1.807, 2.05) is 0 Å². The topological polar surface area (TPSA) is 78.9 Å². The van der Waals surface area contributed by atoms with Gasteiger partial charge in [-0.05, 0) is 83.5 Å². The lowest BCUT2D eigenvalue weighted by atomic mass is 10.1. The molecule has 0 unspecified atom stereocenters. The van der Waals surface area contributed by atoms with Crippen molar-refractivity contribution < 1.29 is 28.6 Å². The third-order valence-electron chi connectivity index (χ3n) is 10.5. The molecule has 0 aliphatic carbocycles. The molecule has 0 N–H and O–H groups in total. The lowest BCUT2D eigenvalue weighted by Crippen LogP contribution is -2.30. The van der Waals surface area contributed by atoms with Crippen molar-refractivity contribution in [2.24, 2.45) is 0 Å². The first-order chi connectivity index (χ1) is 29.0. The van der Waals surface area contributed by atoms with E-state index < -0.39 is 6.10 Å². The van der Waals surface area contributed by atoms with Crippen LogP contribution in [0.15, 0.2) is 60.8 Å². The highest BCUT2D eigenvalue weighted by Crippen LogP contribution is 2.14. The molecule has 0 aromatic rings. The van der Waals surface area contributed by atoms with Gasteiger partial charge in [-0.1, -0.05) is 197 Å². The summed E-state index contributed by atoms with van der Waals surface area (Å²) in [4.78, 5) is 37.9. The maximum absolute atomic E-state index is 12.8. The summed E-state index contributed by atoms with van der Waals surface area (Å²) in [5, 5.41) is 0. The number of carbonyl (C=O) groups excluding carboxylic acids is 3. The van der Waals surface area contributed by atoms with Crippen LogP contribution in [0.1, 0.15) is 239 Å². The summed E-state index contributed by atoms with van der Waals surface area (Å²) in [5.74, 6) is -0.915. The van der Waals surface area contributed by atoms with Crippen molar-refractivity contribution in [3.8, 4) is 0 Å². The van der Waals surface area contributed by atoms with Crippen molar-refractivity contribution in [1.82, 2.24) is 0 Å². The summed E-state index contributed by atoms with van der Waals surface area (Å²) in [7, 11) is 0. The number of hydrogen-bond acceptors (Lipinski definition) is 6. The molecule has 0 aromatic heterocycles. The maximum atomic E-state index is 12.8. The fourth-order valence-corrected chi connectivity index (χ4v) is 6.78. The fourth-order valence-electron chi connectivity index (χ4n) is 6.78. The highest BCUT2D eigenvalue weighted by molar-refractivity contribution is 5.71. The summed E-state index contributed by atoms with van der Waals surface area (Å²) in [6, 6.07) is 0. The molecule has 0 saturated carbocycles. The van der Waals surface area contributed by atoms with Gasteiger partial charge in [0.15, 0.2) is 6.10 Å². The Labute approximate surface area is 364 Å². The van der Waals surface area contributed by atoms with E-state index in [1.165, 1.54) is 77.0 Å². The molecular weight excluding hydrogens is 733 g/mol. The Balaban J connectivity index is 4.42. The molecule has 0 rings (SSSR count). The summed E-state index contributed by atoms with van der Waals surface area (Å²) in [6.07, 6.45) is 57.7. The Hall–Kier alpha value is -2.89. The third kappa shape index (κ3) is 46.0. The molecule has 6 nitrogen and oxygen atoms in total. The van der Waals surface area contributed by atoms with E-state index in [4.69, 9.17) is 14.2 Å². The van der Waals surface area contributed by atoms with Crippen LogP contribution in [0.5, 0.6) is 0 Å². The lowest BCUT2D eigenvalue weighted by Gasteiger charge is -2.18. The molecule has 0 fully saturated rings. The maximum Gasteiger partial charge on any atom is 0.306 e. The fraction of sp³-hybridized carbons (Fsp3) is 0.755. The average molecular weight is 825 g/mol. The second kappa shape index (κ2) is 47.8. The molecule has 0 saturated heterocycles. The molecule has 340 valence electrons. The normalized spacial score (nSPS) is 12.5. The molecule has 0 amide bonds. The van der Waals surface area contributed by atoms with Crippen molar-refractivity contribution in [2.75, 3.05) is 13.2 Å². The highest BCUT2D eigenvalue weighted by atomic mass is 16.6. The molecular formula is C53H92O6. The minimum Gasteiger partial charge on any atom is -0.462 e. The van der Waals surface area contributed by atoms with E-state index in [1.54, 1.807) is 0 Å². The van der Waals surface area contributed by atoms with Crippen molar-refractivity contribution in [1.29, 1.82) is 0 Å². The predicted molar refractivity (Wildman–Crippen MR) is 251 cm³/mol. The SMILES string of the molecule is CC/C=C\C/C=C\C/C=C\CCCCCCCC(=O)OC[C@H](COC(=O)CCCCCCCCCCCCC)OC(=O)CCCCCCC/C=C\C/C=C\CCCCC. The Morgan fingerprint density at radius 2 is 0.661 bits per heavy atom. The van der Waals surface area contributed by atoms with Crippen LogP contribution in [0.2, 0.25) is 0 Å². The molecule has 59 heavy (non-hydrogen) atoms. The van der Waals surface area contributed by atoms with Crippen LogP contribution < -0.4 is 0 Å². The molecule has 0 radical (unpaired) electrons. The van der Waals surface area contributed by atoms with Crippen molar-refractivity contribution >= 4 is 17.9 Å². The first-order valence-corrected chi connectivity index (χ1v) is 24.8. The quantitative estimate of drug-likeness (QED) is 0.0263. The molecule has 0 aliphatic heterocycles. The molecule has 1 atom stereocenters. The van der Waals surface area contributed by atoms with Crippen LogP contribution in [0.4, 0.5) is 0 Å². The van der Waals surface area contributed by atoms with Crippen LogP contribution in [0.25, 0.3) is 0 Å². The van der Waals surface area contributed by atoms with Gasteiger partial charge in [0.1, 0.15) is 13.2 Å². The van der Waals surface area contributed by atoms with Crippen LogP contribution >= 0.6 is 0 Å². The Bertz CT molecular complexity index is 1090. The van der Waals surface area contributed by atoms with Crippen molar-refractivity contribution in [3.63, 3.8) is 0 Å². The van der Waals surface area contributed by atoms with Gasteiger partial charge in [-0.2, -0.15) is 0 Å². The zero-order valence-corrected chi connectivity index (χ0v) is 38.8. The van der Waals surface area contributed by atoms with Gasteiger partial charge in [-0.15, -0.1) is 0 Å². The highest BCUT2D eigenvalue weighted by Gasteiger charge is 2.19. The number of unbranched alkanes of at least 4 members (excludes halogenated alkanes) is 23. The number of ether oxygens (including phenoxy) is 3. The Morgan fingerprint density at radius 3 is 1.07 bits per heavy atom. The molecule has 0 aliphatic rings. The number of hydrogen-bond donors (Lipinski definition) is 0. The first-order valence-electron chi connectivity index (χ1n) is 24.8. The standard InChI is InChI=1S/C53H92O6/c1-4-7-10-13-16-19-22-24-26-28-31-34-37-40-43-46-52(55)58-49-50(48-57-51(54)45-42-39-36-33-30-21-18-15-12-9-6-3)59-53(56)47-44-41-38-35-32-29-27-25-23-20-17-14-11-8-5-2/h7,10,16-17,19-20,24-27,50H,4-6,8-9,11-15,18,21-23,28-49H2,1-3H3/b10-7-,19-16-,20-17-,26-24-,27-25-/t50-/m0/s1. The molecule has 0 heterocycles. The van der Waals surface area contributed by atoms with Crippen LogP contribution in [0.3, 0.4) is 0 Å². The monoisotopic (exact) mass is 825 g/mol. The number of allylic oxidation sites excluding steroid dienone is 10. The second-order valence-electron chi connectivity index (χ2n) is 16.3. The zero-order valence-electron chi connectivity index (χ0n) is 38.8. The van der Waals surface area contributed by atoms with Gasteiger partial charge < -0.3 is 14.2 Å². The van der Waals surface area contributed by atoms with E-state index in [0.717, 1.165) is 122 Å². The van der Waals surface area contributed by atoms with Crippen LogP contribution in [-0.4, -0.2) is 37.2 Å². The molecule has 0 spiro atoms. The number of rotatable bonds is 44. The molecule has 0 bridgehead atoms. The number of carbonyl (C=O) groups is 3. The van der Waals surface area contributed by atoms with Gasteiger partial charge in [-0.3, -0.25) is 14.4 Å². The summed E-state index contributed by atoms with van der Waals surface area (Å²) in [6.45, 7) is 6.47. The zero-order chi connectivity index (χ0) is 43.0. The van der Waals surface area contributed by atoms with Gasteiger partial charge in [0.05, 0.1) is 0 Å². The smallest absolute Gasteiger partial charge is 0.306 e. The second-order valence-corrected chi connectivity index (χ2v) is 16.3. The van der Waals surface area contributed by atoms with Crippen molar-refractivity contribution in [3.05, 3.63) is 60.8 Å². The van der Waals surface area contributed by atoms with Gasteiger partial charge >= 0.3 is 17.9 Å². The predicted octanol–water partition coefficient (Wildman–Crippen LogP) is 16.1. The average Bonchev–Trinajstić information content (AvgIpc) is 3.23. The number of esters is 3. The summed E-state index contributed by atoms with van der Waals surface area (Å²) in [5.41, 5.74) is 0. The van der Waals surface area contributed by atoms with E-state index in [2.05, 4.69) is 81.5 Å². The van der Waals surface area contributed by atoms with Gasteiger partial charge in [0, 0.05) is 19.3 Å². The van der Waals surface area contributed by atoms with E-state index in [-0.39, 0.29) is 31.1 Å². The largest absolute Gasteiger partial charge is 0.462 e. The summed E-state index contributed by atoms with van der Waals surface area (Å²) < 4.78 is 16.7.